The molecule has 2 heterocycles. The third-order valence-corrected chi connectivity index (χ3v) is 2.45. The molecule has 0 bridgehead atoms. The zero-order chi connectivity index (χ0) is 13.3. The van der Waals surface area contributed by atoms with E-state index in [-0.39, 0.29) is 0 Å². The second kappa shape index (κ2) is 16.8. The first kappa shape index (κ1) is 17.8. The molecular formula is C14H30O4. The summed E-state index contributed by atoms with van der Waals surface area (Å²) < 4.78 is 19.8. The van der Waals surface area contributed by atoms with E-state index in [1.807, 2.05) is 0 Å². The fourth-order valence-electron chi connectivity index (χ4n) is 1.38. The minimum absolute atomic E-state index is 0.778. The molecular weight excluding hydrogens is 232 g/mol. The Balaban J connectivity index is 0.000000241. The van der Waals surface area contributed by atoms with Gasteiger partial charge in [-0.2, -0.15) is 0 Å². The maximum atomic E-state index is 4.94. The lowest BCUT2D eigenvalue weighted by molar-refractivity contribution is -0.0334. The Morgan fingerprint density at radius 1 is 0.500 bits per heavy atom. The molecule has 110 valence electrons. The highest BCUT2D eigenvalue weighted by Crippen LogP contribution is 1.95. The van der Waals surface area contributed by atoms with Crippen LogP contribution in [0.5, 0.6) is 0 Å². The van der Waals surface area contributed by atoms with Crippen LogP contribution >= 0.6 is 0 Å². The molecule has 2 fully saturated rings. The summed E-state index contributed by atoms with van der Waals surface area (Å²) in [4.78, 5) is 0. The van der Waals surface area contributed by atoms with Gasteiger partial charge < -0.3 is 18.9 Å². The molecule has 2 aliphatic rings. The van der Waals surface area contributed by atoms with Crippen molar-refractivity contribution in [3.63, 3.8) is 0 Å². The Morgan fingerprint density at radius 3 is 0.833 bits per heavy atom. The molecule has 18 heavy (non-hydrogen) atoms. The molecule has 4 heteroatoms. The minimum Gasteiger partial charge on any atom is -0.377 e. The monoisotopic (exact) mass is 262 g/mol. The summed E-state index contributed by atoms with van der Waals surface area (Å²) in [5.41, 5.74) is 0. The van der Waals surface area contributed by atoms with Crippen molar-refractivity contribution >= 4 is 0 Å². The lowest BCUT2D eigenvalue weighted by Crippen LogP contribution is -2.16. The van der Waals surface area contributed by atoms with E-state index in [0.29, 0.717) is 0 Å². The normalized spacial score (nSPS) is 19.0. The molecule has 0 saturated carbocycles. The molecule has 4 nitrogen and oxygen atoms in total. The van der Waals surface area contributed by atoms with Crippen molar-refractivity contribution in [2.75, 3.05) is 52.9 Å². The summed E-state index contributed by atoms with van der Waals surface area (Å²) in [7, 11) is 0. The Labute approximate surface area is 112 Å². The van der Waals surface area contributed by atoms with Gasteiger partial charge >= 0.3 is 0 Å². The first-order valence-electron chi connectivity index (χ1n) is 7.22. The number of unbranched alkanes of at least 4 members (excludes halogenated alkanes) is 3. The predicted octanol–water partition coefficient (Wildman–Crippen LogP) is 2.65. The molecule has 0 radical (unpaired) electrons. The van der Waals surface area contributed by atoms with Gasteiger partial charge in [0.05, 0.1) is 52.9 Å². The van der Waals surface area contributed by atoms with Gasteiger partial charge in [-0.3, -0.25) is 0 Å². The maximum Gasteiger partial charge on any atom is 0.0701 e. The summed E-state index contributed by atoms with van der Waals surface area (Å²) in [6.07, 6.45) is 5.54. The second-order valence-electron chi connectivity index (χ2n) is 4.16. The van der Waals surface area contributed by atoms with Crippen LogP contribution in [0.2, 0.25) is 0 Å². The van der Waals surface area contributed by atoms with Crippen molar-refractivity contribution in [3.05, 3.63) is 0 Å². The Bertz CT molecular complexity index is 94.7. The van der Waals surface area contributed by atoms with Gasteiger partial charge in [0.1, 0.15) is 0 Å². The van der Waals surface area contributed by atoms with Gasteiger partial charge in [-0.1, -0.05) is 39.5 Å². The van der Waals surface area contributed by atoms with Crippen molar-refractivity contribution < 1.29 is 18.9 Å². The SMILES string of the molecule is C1COCCO1.C1COCCO1.CCCCCC. The van der Waals surface area contributed by atoms with E-state index >= 15 is 0 Å². The summed E-state index contributed by atoms with van der Waals surface area (Å²) in [5.74, 6) is 0. The molecule has 0 aromatic heterocycles. The van der Waals surface area contributed by atoms with Crippen molar-refractivity contribution in [2.24, 2.45) is 0 Å². The first-order chi connectivity index (χ1) is 8.91. The Morgan fingerprint density at radius 2 is 0.722 bits per heavy atom. The first-order valence-corrected chi connectivity index (χ1v) is 7.22. The average Bonchev–Trinajstić information content (AvgIpc) is 2.50. The highest BCUT2D eigenvalue weighted by Gasteiger charge is 1.94. The van der Waals surface area contributed by atoms with Crippen molar-refractivity contribution in [1.82, 2.24) is 0 Å². The van der Waals surface area contributed by atoms with E-state index in [9.17, 15) is 0 Å². The minimum atomic E-state index is 0.778. The van der Waals surface area contributed by atoms with Crippen LogP contribution in [0.3, 0.4) is 0 Å². The largest absolute Gasteiger partial charge is 0.377 e. The van der Waals surface area contributed by atoms with Crippen LogP contribution < -0.4 is 0 Å². The molecule has 2 saturated heterocycles. The average molecular weight is 262 g/mol. The van der Waals surface area contributed by atoms with Crippen LogP contribution in [0.4, 0.5) is 0 Å². The zero-order valence-electron chi connectivity index (χ0n) is 12.1. The fourth-order valence-corrected chi connectivity index (χ4v) is 1.38. The van der Waals surface area contributed by atoms with Crippen LogP contribution in [-0.4, -0.2) is 52.9 Å². The lowest BCUT2D eigenvalue weighted by atomic mass is 10.2. The zero-order valence-corrected chi connectivity index (χ0v) is 12.1. The van der Waals surface area contributed by atoms with Crippen molar-refractivity contribution in [1.29, 1.82) is 0 Å². The quantitative estimate of drug-likeness (QED) is 0.733. The van der Waals surface area contributed by atoms with Crippen molar-refractivity contribution in [2.45, 2.75) is 39.5 Å². The van der Waals surface area contributed by atoms with Crippen LogP contribution in [0.1, 0.15) is 39.5 Å². The number of hydrogen-bond acceptors (Lipinski definition) is 4. The highest BCUT2D eigenvalue weighted by molar-refractivity contribution is 4.37. The van der Waals surface area contributed by atoms with E-state index in [0.717, 1.165) is 52.9 Å². The smallest absolute Gasteiger partial charge is 0.0701 e. The van der Waals surface area contributed by atoms with E-state index in [1.165, 1.54) is 25.7 Å². The third kappa shape index (κ3) is 15.8. The lowest BCUT2D eigenvalue weighted by Gasteiger charge is -2.09. The molecule has 0 amide bonds. The molecule has 2 rings (SSSR count). The Hall–Kier alpha value is -0.160. The van der Waals surface area contributed by atoms with Gasteiger partial charge in [0, 0.05) is 0 Å². The van der Waals surface area contributed by atoms with E-state index in [2.05, 4.69) is 13.8 Å². The number of ether oxygens (including phenoxy) is 4. The fraction of sp³-hybridized carbons (Fsp3) is 1.00. The van der Waals surface area contributed by atoms with Crippen LogP contribution in [0, 0.1) is 0 Å². The molecule has 0 N–H and O–H groups in total. The van der Waals surface area contributed by atoms with E-state index in [4.69, 9.17) is 18.9 Å². The third-order valence-electron chi connectivity index (χ3n) is 2.45. The van der Waals surface area contributed by atoms with Gasteiger partial charge in [-0.25, -0.2) is 0 Å². The van der Waals surface area contributed by atoms with Gasteiger partial charge in [0.15, 0.2) is 0 Å². The Kier molecular flexibility index (Phi) is 16.7. The summed E-state index contributed by atoms with van der Waals surface area (Å²) in [6, 6.07) is 0. The number of rotatable bonds is 3. The topological polar surface area (TPSA) is 36.9 Å². The molecule has 0 aromatic rings. The summed E-state index contributed by atoms with van der Waals surface area (Å²) >= 11 is 0. The molecule has 2 aliphatic heterocycles. The van der Waals surface area contributed by atoms with E-state index < -0.39 is 0 Å². The summed E-state index contributed by atoms with van der Waals surface area (Å²) in [6.45, 7) is 10.7. The van der Waals surface area contributed by atoms with Gasteiger partial charge in [-0.05, 0) is 0 Å². The molecule has 0 aliphatic carbocycles. The molecule has 0 atom stereocenters. The van der Waals surface area contributed by atoms with Crippen LogP contribution in [-0.2, 0) is 18.9 Å². The van der Waals surface area contributed by atoms with Crippen LogP contribution in [0.25, 0.3) is 0 Å². The maximum absolute atomic E-state index is 4.94. The van der Waals surface area contributed by atoms with E-state index in [1.54, 1.807) is 0 Å². The molecule has 0 spiro atoms. The number of hydrogen-bond donors (Lipinski definition) is 0. The van der Waals surface area contributed by atoms with Gasteiger partial charge in [-0.15, -0.1) is 0 Å². The summed E-state index contributed by atoms with van der Waals surface area (Å²) in [5, 5.41) is 0. The molecule has 0 unspecified atom stereocenters. The van der Waals surface area contributed by atoms with Crippen LogP contribution in [0.15, 0.2) is 0 Å². The molecule has 0 aromatic carbocycles. The second-order valence-corrected chi connectivity index (χ2v) is 4.16. The van der Waals surface area contributed by atoms with Gasteiger partial charge in [0.25, 0.3) is 0 Å². The highest BCUT2D eigenvalue weighted by atomic mass is 16.6. The standard InChI is InChI=1S/C6H14.2C4H8O2/c1-3-5-6-4-2;2*1-2-6-4-3-5-1/h3-6H2,1-2H3;2*1-4H2. The van der Waals surface area contributed by atoms with Gasteiger partial charge in [0.2, 0.25) is 0 Å². The van der Waals surface area contributed by atoms with Crippen molar-refractivity contribution in [3.8, 4) is 0 Å². The predicted molar refractivity (Wildman–Crippen MR) is 73.1 cm³/mol.